The number of rotatable bonds is 4. The van der Waals surface area contributed by atoms with E-state index in [0.29, 0.717) is 0 Å². The highest BCUT2D eigenvalue weighted by Gasteiger charge is 2.26. The monoisotopic (exact) mass is 406 g/mol. The van der Waals surface area contributed by atoms with Crippen LogP contribution in [0.5, 0.6) is 0 Å². The van der Waals surface area contributed by atoms with Gasteiger partial charge in [-0.3, -0.25) is 0 Å². The Kier molecular flexibility index (Phi) is 11.2. The van der Waals surface area contributed by atoms with Gasteiger partial charge in [-0.2, -0.15) is 0 Å². The Hall–Kier alpha value is -2.03. The van der Waals surface area contributed by atoms with Crippen LogP contribution in [0, 0.1) is 0 Å². The van der Waals surface area contributed by atoms with Gasteiger partial charge in [-0.25, -0.2) is 14.4 Å². The Bertz CT molecular complexity index is 514. The van der Waals surface area contributed by atoms with E-state index in [1.54, 1.807) is 62.3 Å². The maximum absolute atomic E-state index is 11.3. The molecule has 0 bridgehead atoms. The molecule has 28 heavy (non-hydrogen) atoms. The molecule has 0 aliphatic heterocycles. The average Bonchev–Trinajstić information content (AvgIpc) is 2.41. The minimum absolute atomic E-state index is 0.350. The summed E-state index contributed by atoms with van der Waals surface area (Å²) in [5.74, 6) is -0.504. The molecule has 2 atom stereocenters. The van der Waals surface area contributed by atoms with E-state index in [4.69, 9.17) is 9.47 Å². The van der Waals surface area contributed by atoms with Gasteiger partial charge in [-0.15, -0.1) is 0 Å². The van der Waals surface area contributed by atoms with E-state index < -0.39 is 41.0 Å². The Labute approximate surface area is 168 Å². The zero-order chi connectivity index (χ0) is 22.9. The van der Waals surface area contributed by atoms with Gasteiger partial charge in [0.2, 0.25) is 0 Å². The van der Waals surface area contributed by atoms with Gasteiger partial charge in [0.1, 0.15) is 17.2 Å². The van der Waals surface area contributed by atoms with Crippen molar-refractivity contribution in [1.82, 2.24) is 10.6 Å². The first-order chi connectivity index (χ1) is 12.3. The van der Waals surface area contributed by atoms with Gasteiger partial charge in [0.05, 0.1) is 18.8 Å². The second-order valence-corrected chi connectivity index (χ2v) is 8.91. The summed E-state index contributed by atoms with van der Waals surface area (Å²) in [5.41, 5.74) is -2.03. The molecule has 0 heterocycles. The van der Waals surface area contributed by atoms with Crippen molar-refractivity contribution >= 4 is 18.2 Å². The Morgan fingerprint density at radius 3 is 1.43 bits per heavy atom. The standard InChI is InChI=1S/C10H21NO3.C9H17NO4/c1-7(10(5,6)13)11-8(12)14-9(2,3)4;1-6(7(11)13-5)10-8(12)14-9(2,3)4/h7,13H,1-6H3,(H,11,12);6H,1-5H3,(H,10,12)/t7-;6-/m11/s1. The number of ether oxygens (including phenoxy) is 3. The van der Waals surface area contributed by atoms with E-state index >= 15 is 0 Å². The van der Waals surface area contributed by atoms with E-state index in [1.165, 1.54) is 14.0 Å². The van der Waals surface area contributed by atoms with E-state index in [-0.39, 0.29) is 6.04 Å². The minimum Gasteiger partial charge on any atom is -0.467 e. The molecule has 2 amide bonds. The second kappa shape index (κ2) is 11.1. The lowest BCUT2D eigenvalue weighted by Crippen LogP contribution is -2.48. The topological polar surface area (TPSA) is 123 Å². The molecular formula is C19H38N2O7. The lowest BCUT2D eigenvalue weighted by atomic mass is 10.0. The number of carbonyl (C=O) groups is 3. The quantitative estimate of drug-likeness (QED) is 0.484. The van der Waals surface area contributed by atoms with Gasteiger partial charge in [-0.1, -0.05) is 0 Å². The van der Waals surface area contributed by atoms with Crippen LogP contribution in [-0.2, 0) is 19.0 Å². The summed E-state index contributed by atoms with van der Waals surface area (Å²) >= 11 is 0. The van der Waals surface area contributed by atoms with Crippen molar-refractivity contribution in [2.75, 3.05) is 7.11 Å². The van der Waals surface area contributed by atoms with Crippen molar-refractivity contribution < 1.29 is 33.7 Å². The highest BCUT2D eigenvalue weighted by molar-refractivity contribution is 5.80. The van der Waals surface area contributed by atoms with Crippen LogP contribution in [0.4, 0.5) is 9.59 Å². The van der Waals surface area contributed by atoms with E-state index in [1.807, 2.05) is 0 Å². The van der Waals surface area contributed by atoms with E-state index in [2.05, 4.69) is 15.4 Å². The first-order valence-corrected chi connectivity index (χ1v) is 9.07. The summed E-state index contributed by atoms with van der Waals surface area (Å²) in [6.07, 6.45) is -1.14. The van der Waals surface area contributed by atoms with Gasteiger partial charge in [0, 0.05) is 0 Å². The van der Waals surface area contributed by atoms with E-state index in [0.717, 1.165) is 0 Å². The number of hydrogen-bond acceptors (Lipinski definition) is 7. The molecular weight excluding hydrogens is 368 g/mol. The Morgan fingerprint density at radius 2 is 1.14 bits per heavy atom. The molecule has 3 N–H and O–H groups in total. The molecule has 0 aliphatic carbocycles. The van der Waals surface area contributed by atoms with Crippen LogP contribution in [0.2, 0.25) is 0 Å². The van der Waals surface area contributed by atoms with Crippen molar-refractivity contribution in [1.29, 1.82) is 0 Å². The van der Waals surface area contributed by atoms with Gasteiger partial charge >= 0.3 is 18.2 Å². The third-order valence-corrected chi connectivity index (χ3v) is 3.08. The zero-order valence-corrected chi connectivity index (χ0v) is 19.1. The highest BCUT2D eigenvalue weighted by atomic mass is 16.6. The SMILES string of the molecule is COC(=O)[C@@H](C)NC(=O)OC(C)(C)C.C[C@@H](NC(=O)OC(C)(C)C)C(C)(C)O. The van der Waals surface area contributed by atoms with Crippen molar-refractivity contribution in [2.24, 2.45) is 0 Å². The number of aliphatic hydroxyl groups is 1. The first-order valence-electron chi connectivity index (χ1n) is 9.07. The number of hydrogen-bond donors (Lipinski definition) is 3. The Morgan fingerprint density at radius 1 is 0.786 bits per heavy atom. The number of amides is 2. The summed E-state index contributed by atoms with van der Waals surface area (Å²) in [7, 11) is 1.26. The summed E-state index contributed by atoms with van der Waals surface area (Å²) < 4.78 is 14.4. The molecule has 0 rings (SSSR count). The zero-order valence-electron chi connectivity index (χ0n) is 19.1. The fourth-order valence-corrected chi connectivity index (χ4v) is 1.38. The van der Waals surface area contributed by atoms with Crippen LogP contribution in [0.15, 0.2) is 0 Å². The van der Waals surface area contributed by atoms with Crippen LogP contribution in [0.3, 0.4) is 0 Å². The van der Waals surface area contributed by atoms with Crippen molar-refractivity contribution in [2.45, 2.75) is 98.1 Å². The van der Waals surface area contributed by atoms with Crippen LogP contribution in [0.1, 0.15) is 69.2 Å². The largest absolute Gasteiger partial charge is 0.467 e. The molecule has 0 aromatic carbocycles. The smallest absolute Gasteiger partial charge is 0.408 e. The fourth-order valence-electron chi connectivity index (χ4n) is 1.38. The first kappa shape index (κ1) is 28.2. The summed E-state index contributed by atoms with van der Waals surface area (Å²) in [6, 6.07) is -1.05. The molecule has 0 aliphatic rings. The third kappa shape index (κ3) is 16.2. The third-order valence-electron chi connectivity index (χ3n) is 3.08. The van der Waals surface area contributed by atoms with Crippen LogP contribution < -0.4 is 10.6 Å². The predicted molar refractivity (Wildman–Crippen MR) is 106 cm³/mol. The fraction of sp³-hybridized carbons (Fsp3) is 0.842. The van der Waals surface area contributed by atoms with Crippen molar-refractivity contribution in [3.63, 3.8) is 0 Å². The lowest BCUT2D eigenvalue weighted by Gasteiger charge is -2.28. The average molecular weight is 407 g/mol. The highest BCUT2D eigenvalue weighted by Crippen LogP contribution is 2.10. The number of carbonyl (C=O) groups excluding carboxylic acids is 3. The van der Waals surface area contributed by atoms with Crippen LogP contribution in [0.25, 0.3) is 0 Å². The van der Waals surface area contributed by atoms with Gasteiger partial charge < -0.3 is 30.0 Å². The van der Waals surface area contributed by atoms with Crippen molar-refractivity contribution in [3.05, 3.63) is 0 Å². The Balaban J connectivity index is 0. The molecule has 0 saturated carbocycles. The maximum Gasteiger partial charge on any atom is 0.408 e. The van der Waals surface area contributed by atoms with Gasteiger partial charge in [-0.05, 0) is 69.2 Å². The minimum atomic E-state index is -0.948. The molecule has 0 aromatic rings. The molecule has 9 heteroatoms. The molecule has 0 unspecified atom stereocenters. The van der Waals surface area contributed by atoms with Crippen LogP contribution in [-0.4, -0.2) is 59.3 Å². The number of alkyl carbamates (subject to hydrolysis) is 2. The summed E-state index contributed by atoms with van der Waals surface area (Å²) in [4.78, 5) is 33.3. The molecule has 9 nitrogen and oxygen atoms in total. The molecule has 0 aromatic heterocycles. The predicted octanol–water partition coefficient (Wildman–Crippen LogP) is 2.74. The molecule has 0 spiro atoms. The second-order valence-electron chi connectivity index (χ2n) is 8.91. The van der Waals surface area contributed by atoms with E-state index in [9.17, 15) is 19.5 Å². The molecule has 0 radical (unpaired) electrons. The number of methoxy groups -OCH3 is 1. The van der Waals surface area contributed by atoms with Gasteiger partial charge in [0.15, 0.2) is 0 Å². The number of esters is 1. The molecule has 0 fully saturated rings. The summed E-state index contributed by atoms with van der Waals surface area (Å²) in [6.45, 7) is 17.1. The molecule has 0 saturated heterocycles. The summed E-state index contributed by atoms with van der Waals surface area (Å²) in [5, 5.41) is 14.5. The van der Waals surface area contributed by atoms with Gasteiger partial charge in [0.25, 0.3) is 0 Å². The number of nitrogens with one attached hydrogen (secondary N) is 2. The maximum atomic E-state index is 11.3. The molecule has 166 valence electrons. The lowest BCUT2D eigenvalue weighted by molar-refractivity contribution is -0.142. The van der Waals surface area contributed by atoms with Crippen LogP contribution >= 0.6 is 0 Å². The normalized spacial score (nSPS) is 13.9. The van der Waals surface area contributed by atoms with Crippen molar-refractivity contribution in [3.8, 4) is 0 Å².